The molecule has 0 amide bonds. The first-order valence-corrected chi connectivity index (χ1v) is 5.48. The second-order valence-electron chi connectivity index (χ2n) is 3.58. The van der Waals surface area contributed by atoms with E-state index in [1.54, 1.807) is 29.1 Å². The summed E-state index contributed by atoms with van der Waals surface area (Å²) in [5.41, 5.74) is 6.98. The Kier molecular flexibility index (Phi) is 3.30. The maximum Gasteiger partial charge on any atom is 0.250 e. The highest BCUT2D eigenvalue weighted by molar-refractivity contribution is 7.80. The molecule has 0 atom stereocenters. The van der Waals surface area contributed by atoms with Crippen molar-refractivity contribution in [2.24, 2.45) is 5.73 Å². The van der Waals surface area contributed by atoms with Crippen LogP contribution >= 0.6 is 12.2 Å². The Hall–Kier alpha value is -2.01. The van der Waals surface area contributed by atoms with Gasteiger partial charge in [0.1, 0.15) is 4.99 Å². The number of hydrogen-bond acceptors (Lipinski definition) is 3. The Morgan fingerprint density at radius 3 is 2.94 bits per heavy atom. The van der Waals surface area contributed by atoms with Crippen LogP contribution in [0.25, 0.3) is 0 Å². The fourth-order valence-electron chi connectivity index (χ4n) is 1.50. The molecule has 4 nitrogen and oxygen atoms in total. The normalized spacial score (nSPS) is 10.1. The molecule has 0 aliphatic heterocycles. The van der Waals surface area contributed by atoms with Gasteiger partial charge in [-0.2, -0.15) is 0 Å². The Morgan fingerprint density at radius 1 is 1.41 bits per heavy atom. The first-order valence-electron chi connectivity index (χ1n) is 5.07. The van der Waals surface area contributed by atoms with E-state index in [2.05, 4.69) is 4.98 Å². The van der Waals surface area contributed by atoms with Gasteiger partial charge in [-0.3, -0.25) is 9.78 Å². The van der Waals surface area contributed by atoms with Gasteiger partial charge >= 0.3 is 0 Å². The van der Waals surface area contributed by atoms with Gasteiger partial charge in [-0.1, -0.05) is 18.3 Å². The van der Waals surface area contributed by atoms with E-state index in [4.69, 9.17) is 18.0 Å². The number of aromatic nitrogens is 2. The molecule has 2 rings (SSSR count). The molecule has 0 spiro atoms. The zero-order valence-electron chi connectivity index (χ0n) is 9.04. The van der Waals surface area contributed by atoms with E-state index >= 15 is 0 Å². The lowest BCUT2D eigenvalue weighted by Gasteiger charge is -2.06. The molecule has 0 saturated carbocycles. The van der Waals surface area contributed by atoms with Crippen molar-refractivity contribution in [2.45, 2.75) is 6.54 Å². The molecule has 5 heteroatoms. The molecule has 0 saturated heterocycles. The van der Waals surface area contributed by atoms with Crippen LogP contribution in [0.2, 0.25) is 0 Å². The van der Waals surface area contributed by atoms with E-state index in [0.717, 1.165) is 5.56 Å². The van der Waals surface area contributed by atoms with Gasteiger partial charge in [0.15, 0.2) is 0 Å². The highest BCUT2D eigenvalue weighted by atomic mass is 32.1. The Balaban J connectivity index is 2.31. The molecular formula is C12H11N3OS. The minimum atomic E-state index is -0.0406. The third kappa shape index (κ3) is 2.76. The van der Waals surface area contributed by atoms with Gasteiger partial charge in [0.05, 0.1) is 12.2 Å². The van der Waals surface area contributed by atoms with Crippen LogP contribution in [0.4, 0.5) is 0 Å². The van der Waals surface area contributed by atoms with E-state index in [1.165, 1.54) is 6.07 Å². The highest BCUT2D eigenvalue weighted by Crippen LogP contribution is 2.03. The summed E-state index contributed by atoms with van der Waals surface area (Å²) in [4.78, 5) is 15.8. The summed E-state index contributed by atoms with van der Waals surface area (Å²) >= 11 is 4.86. The standard InChI is InChI=1S/C12H11N3OS/c13-12(17)10-7-9(4-5-14-10)8-15-6-2-1-3-11(15)16/h1-7H,8H2,(H2,13,17). The molecule has 0 radical (unpaired) electrons. The van der Waals surface area contributed by atoms with Crippen molar-refractivity contribution in [2.75, 3.05) is 0 Å². The molecule has 0 aromatic carbocycles. The van der Waals surface area contributed by atoms with E-state index in [-0.39, 0.29) is 10.5 Å². The van der Waals surface area contributed by atoms with Crippen molar-refractivity contribution >= 4 is 17.2 Å². The Bertz CT molecular complexity index is 606. The van der Waals surface area contributed by atoms with Crippen molar-refractivity contribution < 1.29 is 0 Å². The topological polar surface area (TPSA) is 60.9 Å². The Labute approximate surface area is 104 Å². The average Bonchev–Trinajstić information content (AvgIpc) is 2.32. The molecule has 2 aromatic rings. The van der Waals surface area contributed by atoms with E-state index in [0.29, 0.717) is 12.2 Å². The zero-order valence-corrected chi connectivity index (χ0v) is 9.85. The molecule has 0 fully saturated rings. The van der Waals surface area contributed by atoms with Crippen LogP contribution < -0.4 is 11.3 Å². The molecule has 0 aliphatic carbocycles. The zero-order chi connectivity index (χ0) is 12.3. The average molecular weight is 245 g/mol. The monoisotopic (exact) mass is 245 g/mol. The van der Waals surface area contributed by atoms with E-state index in [1.807, 2.05) is 12.1 Å². The molecule has 0 aliphatic rings. The molecule has 17 heavy (non-hydrogen) atoms. The van der Waals surface area contributed by atoms with Crippen molar-refractivity contribution in [3.63, 3.8) is 0 Å². The van der Waals surface area contributed by atoms with Gasteiger partial charge in [-0.05, 0) is 23.8 Å². The molecule has 0 bridgehead atoms. The van der Waals surface area contributed by atoms with Gasteiger partial charge in [0.25, 0.3) is 5.56 Å². The predicted molar refractivity (Wildman–Crippen MR) is 69.9 cm³/mol. The summed E-state index contributed by atoms with van der Waals surface area (Å²) in [6.45, 7) is 0.484. The van der Waals surface area contributed by atoms with Crippen LogP contribution in [0, 0.1) is 0 Å². The number of nitrogens with two attached hydrogens (primary N) is 1. The summed E-state index contributed by atoms with van der Waals surface area (Å²) in [5, 5.41) is 0. The summed E-state index contributed by atoms with van der Waals surface area (Å²) in [7, 11) is 0. The highest BCUT2D eigenvalue weighted by Gasteiger charge is 2.01. The molecule has 2 N–H and O–H groups in total. The summed E-state index contributed by atoms with van der Waals surface area (Å²) in [6, 6.07) is 8.68. The number of nitrogens with zero attached hydrogens (tertiary/aromatic N) is 2. The number of hydrogen-bond donors (Lipinski definition) is 1. The first-order chi connectivity index (χ1) is 8.16. The quantitative estimate of drug-likeness (QED) is 0.817. The van der Waals surface area contributed by atoms with Crippen LogP contribution in [0.3, 0.4) is 0 Å². The van der Waals surface area contributed by atoms with Gasteiger partial charge in [-0.15, -0.1) is 0 Å². The SMILES string of the molecule is NC(=S)c1cc(Cn2ccccc2=O)ccn1. The summed E-state index contributed by atoms with van der Waals surface area (Å²) in [5.74, 6) is 0. The lowest BCUT2D eigenvalue weighted by molar-refractivity contribution is 0.758. The minimum absolute atomic E-state index is 0.0406. The maximum absolute atomic E-state index is 11.5. The third-order valence-electron chi connectivity index (χ3n) is 2.33. The van der Waals surface area contributed by atoms with Gasteiger partial charge in [-0.25, -0.2) is 0 Å². The minimum Gasteiger partial charge on any atom is -0.388 e. The van der Waals surface area contributed by atoms with Crippen LogP contribution in [0.5, 0.6) is 0 Å². The van der Waals surface area contributed by atoms with E-state index < -0.39 is 0 Å². The Morgan fingerprint density at radius 2 is 2.24 bits per heavy atom. The van der Waals surface area contributed by atoms with Crippen molar-refractivity contribution in [1.82, 2.24) is 9.55 Å². The summed E-state index contributed by atoms with van der Waals surface area (Å²) in [6.07, 6.45) is 3.38. The van der Waals surface area contributed by atoms with Crippen LogP contribution in [0.1, 0.15) is 11.3 Å². The lowest BCUT2D eigenvalue weighted by atomic mass is 10.2. The van der Waals surface area contributed by atoms with Crippen molar-refractivity contribution in [3.8, 4) is 0 Å². The van der Waals surface area contributed by atoms with Gasteiger partial charge in [0.2, 0.25) is 0 Å². The van der Waals surface area contributed by atoms with Crippen molar-refractivity contribution in [1.29, 1.82) is 0 Å². The largest absolute Gasteiger partial charge is 0.388 e. The predicted octanol–water partition coefficient (Wildman–Crippen LogP) is 0.926. The lowest BCUT2D eigenvalue weighted by Crippen LogP contribution is -2.19. The van der Waals surface area contributed by atoms with Crippen LogP contribution in [-0.2, 0) is 6.54 Å². The molecular weight excluding hydrogens is 234 g/mol. The fraction of sp³-hybridized carbons (Fsp3) is 0.0833. The third-order valence-corrected chi connectivity index (χ3v) is 2.54. The second-order valence-corrected chi connectivity index (χ2v) is 4.02. The number of pyridine rings is 2. The van der Waals surface area contributed by atoms with Gasteiger partial charge in [0, 0.05) is 18.5 Å². The van der Waals surface area contributed by atoms with Crippen LogP contribution in [-0.4, -0.2) is 14.5 Å². The number of rotatable bonds is 3. The molecule has 0 unspecified atom stereocenters. The summed E-state index contributed by atoms with van der Waals surface area (Å²) < 4.78 is 1.61. The fourth-order valence-corrected chi connectivity index (χ4v) is 1.61. The molecule has 2 heterocycles. The number of thiocarbonyl (C=S) groups is 1. The van der Waals surface area contributed by atoms with Gasteiger partial charge < -0.3 is 10.3 Å². The van der Waals surface area contributed by atoms with Crippen molar-refractivity contribution in [3.05, 3.63) is 64.3 Å². The first kappa shape index (κ1) is 11.5. The van der Waals surface area contributed by atoms with Crippen LogP contribution in [0.15, 0.2) is 47.5 Å². The second kappa shape index (κ2) is 4.88. The maximum atomic E-state index is 11.5. The molecule has 2 aromatic heterocycles. The van der Waals surface area contributed by atoms with E-state index in [9.17, 15) is 4.79 Å². The molecule has 86 valence electrons. The smallest absolute Gasteiger partial charge is 0.250 e.